The summed E-state index contributed by atoms with van der Waals surface area (Å²) in [6, 6.07) is 22.3. The van der Waals surface area contributed by atoms with Crippen LogP contribution in [0.2, 0.25) is 0 Å². The zero-order valence-electron chi connectivity index (χ0n) is 14.9. The molecule has 138 valence electrons. The maximum Gasteiger partial charge on any atom is 0.336 e. The van der Waals surface area contributed by atoms with E-state index in [0.29, 0.717) is 5.56 Å². The Kier molecular flexibility index (Phi) is 4.60. The van der Waals surface area contributed by atoms with E-state index in [9.17, 15) is 14.7 Å². The average molecular weight is 371 g/mol. The number of fused-ring (bicyclic) bond motifs is 3. The van der Waals surface area contributed by atoms with Crippen molar-refractivity contribution >= 4 is 39.9 Å². The molecular weight excluding hydrogens is 354 g/mol. The summed E-state index contributed by atoms with van der Waals surface area (Å²) in [5.74, 6) is -1.34. The Hall–Kier alpha value is -3.93. The number of carboxylic acid groups (broad SMARTS) is 1. The maximum absolute atomic E-state index is 12.4. The van der Waals surface area contributed by atoms with Gasteiger partial charge >= 0.3 is 5.97 Å². The van der Waals surface area contributed by atoms with Crippen LogP contribution in [0.25, 0.3) is 21.8 Å². The minimum Gasteiger partial charge on any atom is -0.478 e. The van der Waals surface area contributed by atoms with E-state index in [0.717, 1.165) is 21.8 Å². The van der Waals surface area contributed by atoms with Crippen molar-refractivity contribution in [1.29, 1.82) is 0 Å². The van der Waals surface area contributed by atoms with E-state index in [-0.39, 0.29) is 18.0 Å². The molecule has 6 heteroatoms. The van der Waals surface area contributed by atoms with Crippen LogP contribution in [0.3, 0.4) is 0 Å². The van der Waals surface area contributed by atoms with Gasteiger partial charge in [0, 0.05) is 27.4 Å². The van der Waals surface area contributed by atoms with Crippen LogP contribution < -0.4 is 5.43 Å². The van der Waals surface area contributed by atoms with Crippen molar-refractivity contribution in [1.82, 2.24) is 9.99 Å². The fraction of sp³-hybridized carbons (Fsp3) is 0.0455. The van der Waals surface area contributed by atoms with Crippen molar-refractivity contribution in [2.24, 2.45) is 5.10 Å². The molecule has 0 spiro atoms. The summed E-state index contributed by atoms with van der Waals surface area (Å²) in [6.07, 6.45) is 1.34. The predicted molar refractivity (Wildman–Crippen MR) is 109 cm³/mol. The van der Waals surface area contributed by atoms with E-state index in [1.807, 2.05) is 53.1 Å². The Morgan fingerprint density at radius 1 is 0.893 bits per heavy atom. The SMILES string of the molecule is O=C(Cn1c2ccccc2c2ccccc21)N/N=C/c1ccccc1C(=O)O. The van der Waals surface area contributed by atoms with E-state index in [1.54, 1.807) is 18.2 Å². The summed E-state index contributed by atoms with van der Waals surface area (Å²) in [5.41, 5.74) is 4.98. The summed E-state index contributed by atoms with van der Waals surface area (Å²) in [7, 11) is 0. The van der Waals surface area contributed by atoms with Crippen LogP contribution in [-0.4, -0.2) is 27.8 Å². The van der Waals surface area contributed by atoms with Gasteiger partial charge in [0.1, 0.15) is 6.54 Å². The monoisotopic (exact) mass is 371 g/mol. The van der Waals surface area contributed by atoms with E-state index in [1.165, 1.54) is 12.3 Å². The molecule has 4 rings (SSSR count). The van der Waals surface area contributed by atoms with Gasteiger partial charge in [0.05, 0.1) is 11.8 Å². The zero-order chi connectivity index (χ0) is 19.5. The molecule has 2 N–H and O–H groups in total. The van der Waals surface area contributed by atoms with Crippen molar-refractivity contribution in [2.45, 2.75) is 6.54 Å². The molecule has 0 aliphatic rings. The van der Waals surface area contributed by atoms with Crippen molar-refractivity contribution in [3.8, 4) is 0 Å². The molecule has 0 saturated carbocycles. The van der Waals surface area contributed by atoms with Crippen LogP contribution in [0.1, 0.15) is 15.9 Å². The first kappa shape index (κ1) is 17.5. The molecule has 0 aliphatic heterocycles. The van der Waals surface area contributed by atoms with Gasteiger partial charge in [-0.05, 0) is 18.2 Å². The molecule has 3 aromatic carbocycles. The fourth-order valence-electron chi connectivity index (χ4n) is 3.33. The molecule has 0 radical (unpaired) electrons. The standard InChI is InChI=1S/C22H17N3O3/c26-21(24-23-13-15-7-1-2-8-16(15)22(27)28)14-25-19-11-5-3-9-17(19)18-10-4-6-12-20(18)25/h1-13H,14H2,(H,24,26)(H,27,28)/b23-13+. The summed E-state index contributed by atoms with van der Waals surface area (Å²) in [4.78, 5) is 23.7. The third kappa shape index (κ3) is 3.23. The van der Waals surface area contributed by atoms with Gasteiger partial charge in [-0.15, -0.1) is 0 Å². The molecule has 0 fully saturated rings. The molecule has 0 aliphatic carbocycles. The van der Waals surface area contributed by atoms with Gasteiger partial charge in [0.25, 0.3) is 5.91 Å². The third-order valence-corrected chi connectivity index (χ3v) is 4.57. The van der Waals surface area contributed by atoms with Gasteiger partial charge in [-0.3, -0.25) is 4.79 Å². The highest BCUT2D eigenvalue weighted by Crippen LogP contribution is 2.28. The Bertz CT molecular complexity index is 1170. The number of para-hydroxylation sites is 2. The largest absolute Gasteiger partial charge is 0.478 e. The molecule has 0 unspecified atom stereocenters. The van der Waals surface area contributed by atoms with Crippen LogP contribution >= 0.6 is 0 Å². The number of rotatable bonds is 5. The van der Waals surface area contributed by atoms with Crippen molar-refractivity contribution in [2.75, 3.05) is 0 Å². The Morgan fingerprint density at radius 3 is 2.11 bits per heavy atom. The van der Waals surface area contributed by atoms with Crippen LogP contribution in [-0.2, 0) is 11.3 Å². The molecule has 1 aromatic heterocycles. The Labute approximate surface area is 160 Å². The average Bonchev–Trinajstić information content (AvgIpc) is 3.02. The Balaban J connectivity index is 1.57. The van der Waals surface area contributed by atoms with Gasteiger partial charge in [-0.2, -0.15) is 5.10 Å². The second-order valence-corrected chi connectivity index (χ2v) is 6.31. The first-order chi connectivity index (χ1) is 13.6. The van der Waals surface area contributed by atoms with Crippen molar-refractivity contribution in [3.05, 3.63) is 83.9 Å². The molecule has 28 heavy (non-hydrogen) atoms. The number of carboxylic acids is 1. The highest BCUT2D eigenvalue weighted by molar-refractivity contribution is 6.08. The van der Waals surface area contributed by atoms with Crippen molar-refractivity contribution in [3.63, 3.8) is 0 Å². The number of hydrogen-bond acceptors (Lipinski definition) is 3. The number of carbonyl (C=O) groups is 2. The minimum absolute atomic E-state index is 0.103. The quantitative estimate of drug-likeness (QED) is 0.415. The van der Waals surface area contributed by atoms with E-state index in [2.05, 4.69) is 10.5 Å². The number of aromatic nitrogens is 1. The fourth-order valence-corrected chi connectivity index (χ4v) is 3.33. The lowest BCUT2D eigenvalue weighted by Crippen LogP contribution is -2.23. The van der Waals surface area contributed by atoms with Crippen LogP contribution in [0.4, 0.5) is 0 Å². The van der Waals surface area contributed by atoms with Crippen LogP contribution in [0.5, 0.6) is 0 Å². The molecule has 0 bridgehead atoms. The molecule has 1 amide bonds. The Morgan fingerprint density at radius 2 is 1.46 bits per heavy atom. The van der Waals surface area contributed by atoms with Gasteiger partial charge in [-0.1, -0.05) is 54.6 Å². The molecule has 1 heterocycles. The van der Waals surface area contributed by atoms with Gasteiger partial charge in [-0.25, -0.2) is 10.2 Å². The van der Waals surface area contributed by atoms with E-state index in [4.69, 9.17) is 0 Å². The normalized spacial score (nSPS) is 11.3. The second kappa shape index (κ2) is 7.36. The number of hydrazone groups is 1. The van der Waals surface area contributed by atoms with E-state index >= 15 is 0 Å². The highest BCUT2D eigenvalue weighted by atomic mass is 16.4. The molecule has 0 atom stereocenters. The number of amides is 1. The lowest BCUT2D eigenvalue weighted by molar-refractivity contribution is -0.121. The summed E-state index contributed by atoms with van der Waals surface area (Å²) in [6.45, 7) is 0.103. The van der Waals surface area contributed by atoms with Crippen LogP contribution in [0.15, 0.2) is 77.9 Å². The summed E-state index contributed by atoms with van der Waals surface area (Å²) >= 11 is 0. The van der Waals surface area contributed by atoms with Gasteiger partial charge < -0.3 is 9.67 Å². The smallest absolute Gasteiger partial charge is 0.336 e. The lowest BCUT2D eigenvalue weighted by Gasteiger charge is -2.06. The summed E-state index contributed by atoms with van der Waals surface area (Å²) in [5, 5.41) is 15.3. The number of carbonyl (C=O) groups excluding carboxylic acids is 1. The lowest BCUT2D eigenvalue weighted by atomic mass is 10.1. The molecular formula is C22H17N3O3. The predicted octanol–water partition coefficient (Wildman–Crippen LogP) is 3.64. The maximum atomic E-state index is 12.4. The number of hydrogen-bond donors (Lipinski definition) is 2. The molecule has 6 nitrogen and oxygen atoms in total. The van der Waals surface area contributed by atoms with Crippen molar-refractivity contribution < 1.29 is 14.7 Å². The zero-order valence-corrected chi connectivity index (χ0v) is 14.9. The number of nitrogens with zero attached hydrogens (tertiary/aromatic N) is 2. The number of aromatic carboxylic acids is 1. The molecule has 4 aromatic rings. The highest BCUT2D eigenvalue weighted by Gasteiger charge is 2.12. The third-order valence-electron chi connectivity index (χ3n) is 4.57. The summed E-state index contributed by atoms with van der Waals surface area (Å²) < 4.78 is 1.95. The minimum atomic E-state index is -1.04. The first-order valence-corrected chi connectivity index (χ1v) is 8.75. The second-order valence-electron chi connectivity index (χ2n) is 6.31. The van der Waals surface area contributed by atoms with Crippen LogP contribution in [0, 0.1) is 0 Å². The van der Waals surface area contributed by atoms with Gasteiger partial charge in [0.2, 0.25) is 0 Å². The number of nitrogens with one attached hydrogen (secondary N) is 1. The van der Waals surface area contributed by atoms with E-state index < -0.39 is 5.97 Å². The topological polar surface area (TPSA) is 83.7 Å². The van der Waals surface area contributed by atoms with Gasteiger partial charge in [0.15, 0.2) is 0 Å². The number of benzene rings is 3. The molecule has 0 saturated heterocycles. The first-order valence-electron chi connectivity index (χ1n) is 8.75.